The first-order valence-corrected chi connectivity index (χ1v) is 7.90. The van der Waals surface area contributed by atoms with Gasteiger partial charge in [0, 0.05) is 11.4 Å². The van der Waals surface area contributed by atoms with Crippen molar-refractivity contribution in [3.8, 4) is 0 Å². The van der Waals surface area contributed by atoms with Gasteiger partial charge in [0.15, 0.2) is 5.13 Å². The van der Waals surface area contributed by atoms with E-state index in [0.29, 0.717) is 5.69 Å². The number of nitro groups is 1. The Kier molecular flexibility index (Phi) is 4.06. The summed E-state index contributed by atoms with van der Waals surface area (Å²) in [5, 5.41) is 12.8. The standard InChI is InChI=1S/C10H11N5O4S2/c1-6-5-20-10(12-6)14-21(18,19)7-2-3-8(13-11)9(4-7)15(16)17/h2-5,13H,11H2,1H3,(H,12,14). The largest absolute Gasteiger partial charge is 0.318 e. The molecule has 21 heavy (non-hydrogen) atoms. The number of aryl methyl sites for hydroxylation is 1. The molecule has 0 aliphatic rings. The lowest BCUT2D eigenvalue weighted by atomic mass is 10.3. The van der Waals surface area contributed by atoms with Crippen molar-refractivity contribution in [3.05, 3.63) is 39.4 Å². The maximum Gasteiger partial charge on any atom is 0.295 e. The lowest BCUT2D eigenvalue weighted by Crippen LogP contribution is -2.14. The van der Waals surface area contributed by atoms with E-state index in [2.05, 4.69) is 15.1 Å². The van der Waals surface area contributed by atoms with Crippen LogP contribution >= 0.6 is 11.3 Å². The van der Waals surface area contributed by atoms with Gasteiger partial charge in [-0.15, -0.1) is 11.3 Å². The van der Waals surface area contributed by atoms with E-state index in [1.54, 1.807) is 12.3 Å². The first-order chi connectivity index (χ1) is 9.83. The summed E-state index contributed by atoms with van der Waals surface area (Å²) < 4.78 is 26.6. The molecule has 112 valence electrons. The minimum Gasteiger partial charge on any atom is -0.318 e. The van der Waals surface area contributed by atoms with Crippen molar-refractivity contribution in [2.24, 2.45) is 5.84 Å². The smallest absolute Gasteiger partial charge is 0.295 e. The van der Waals surface area contributed by atoms with Crippen LogP contribution in [0.15, 0.2) is 28.5 Å². The summed E-state index contributed by atoms with van der Waals surface area (Å²) in [7, 11) is -3.96. The Morgan fingerprint density at radius 3 is 2.67 bits per heavy atom. The third-order valence-electron chi connectivity index (χ3n) is 2.47. The number of nitrogens with two attached hydrogens (primary N) is 1. The summed E-state index contributed by atoms with van der Waals surface area (Å²) in [6, 6.07) is 3.36. The number of hydrogen-bond donors (Lipinski definition) is 3. The number of thiazole rings is 1. The minimum absolute atomic E-state index is 0.0176. The van der Waals surface area contributed by atoms with E-state index in [0.717, 1.165) is 17.4 Å². The molecule has 1 aromatic heterocycles. The van der Waals surface area contributed by atoms with Crippen molar-refractivity contribution >= 4 is 37.9 Å². The zero-order valence-electron chi connectivity index (χ0n) is 10.7. The Morgan fingerprint density at radius 1 is 1.43 bits per heavy atom. The van der Waals surface area contributed by atoms with Crippen molar-refractivity contribution in [1.29, 1.82) is 0 Å². The number of hydrazine groups is 1. The molecule has 9 nitrogen and oxygen atoms in total. The number of rotatable bonds is 5. The van der Waals surface area contributed by atoms with E-state index in [9.17, 15) is 18.5 Å². The molecule has 2 aromatic rings. The van der Waals surface area contributed by atoms with E-state index >= 15 is 0 Å². The molecule has 0 aliphatic carbocycles. The number of nitrogen functional groups attached to an aromatic ring is 1. The summed E-state index contributed by atoms with van der Waals surface area (Å²) in [5.41, 5.74) is 2.40. The van der Waals surface area contributed by atoms with Gasteiger partial charge < -0.3 is 5.43 Å². The normalized spacial score (nSPS) is 11.1. The van der Waals surface area contributed by atoms with Crippen molar-refractivity contribution < 1.29 is 13.3 Å². The summed E-state index contributed by atoms with van der Waals surface area (Å²) in [4.78, 5) is 13.9. The zero-order valence-corrected chi connectivity index (χ0v) is 12.4. The highest BCUT2D eigenvalue weighted by atomic mass is 32.2. The molecular formula is C10H11N5O4S2. The fourth-order valence-corrected chi connectivity index (χ4v) is 3.49. The molecule has 0 bridgehead atoms. The quantitative estimate of drug-likeness (QED) is 0.428. The van der Waals surface area contributed by atoms with Gasteiger partial charge in [0.1, 0.15) is 5.69 Å². The zero-order chi connectivity index (χ0) is 15.6. The fraction of sp³-hybridized carbons (Fsp3) is 0.100. The van der Waals surface area contributed by atoms with Gasteiger partial charge >= 0.3 is 0 Å². The number of nitro benzene ring substituents is 1. The van der Waals surface area contributed by atoms with Gasteiger partial charge in [0.2, 0.25) is 0 Å². The maximum absolute atomic E-state index is 12.2. The molecule has 2 rings (SSSR count). The third-order valence-corrected chi connectivity index (χ3v) is 4.81. The Labute approximate surface area is 124 Å². The third kappa shape index (κ3) is 3.26. The second-order valence-electron chi connectivity index (χ2n) is 3.98. The SMILES string of the molecule is Cc1csc(NS(=O)(=O)c2ccc(NN)c([N+](=O)[O-])c2)n1. The number of hydrogen-bond acceptors (Lipinski definition) is 8. The predicted octanol–water partition coefficient (Wildman–Crippen LogP) is 1.45. The van der Waals surface area contributed by atoms with Crippen molar-refractivity contribution in [2.45, 2.75) is 11.8 Å². The molecule has 0 atom stereocenters. The van der Waals surface area contributed by atoms with Crippen molar-refractivity contribution in [2.75, 3.05) is 10.1 Å². The number of anilines is 2. The average Bonchev–Trinajstić information content (AvgIpc) is 2.82. The van der Waals surface area contributed by atoms with Crippen LogP contribution in [-0.2, 0) is 10.0 Å². The van der Waals surface area contributed by atoms with Crippen LogP contribution in [0.1, 0.15) is 5.69 Å². The van der Waals surface area contributed by atoms with E-state index in [4.69, 9.17) is 5.84 Å². The maximum atomic E-state index is 12.2. The monoisotopic (exact) mass is 329 g/mol. The Hall–Kier alpha value is -2.24. The number of nitrogens with zero attached hydrogens (tertiary/aromatic N) is 2. The lowest BCUT2D eigenvalue weighted by Gasteiger charge is -2.07. The summed E-state index contributed by atoms with van der Waals surface area (Å²) in [6.45, 7) is 1.72. The molecule has 0 unspecified atom stereocenters. The van der Waals surface area contributed by atoms with Crippen LogP contribution in [0.4, 0.5) is 16.5 Å². The molecule has 0 amide bonds. The van der Waals surface area contributed by atoms with E-state index in [1.165, 1.54) is 12.1 Å². The van der Waals surface area contributed by atoms with Crippen LogP contribution in [0.5, 0.6) is 0 Å². The van der Waals surface area contributed by atoms with Crippen LogP contribution in [0.2, 0.25) is 0 Å². The molecule has 0 saturated carbocycles. The second kappa shape index (κ2) is 5.63. The average molecular weight is 329 g/mol. The summed E-state index contributed by atoms with van der Waals surface area (Å²) in [5.74, 6) is 5.15. The number of benzene rings is 1. The van der Waals surface area contributed by atoms with Gasteiger partial charge in [-0.25, -0.2) is 13.4 Å². The lowest BCUT2D eigenvalue weighted by molar-refractivity contribution is -0.384. The van der Waals surface area contributed by atoms with Crippen LogP contribution < -0.4 is 16.0 Å². The van der Waals surface area contributed by atoms with Gasteiger partial charge in [0.05, 0.1) is 15.5 Å². The number of aromatic nitrogens is 1. The van der Waals surface area contributed by atoms with Gasteiger partial charge in [-0.1, -0.05) is 0 Å². The number of nitrogens with one attached hydrogen (secondary N) is 2. The molecule has 0 saturated heterocycles. The molecule has 1 aromatic carbocycles. The number of sulfonamides is 1. The van der Waals surface area contributed by atoms with Crippen molar-refractivity contribution in [1.82, 2.24) is 4.98 Å². The van der Waals surface area contributed by atoms with E-state index in [-0.39, 0.29) is 15.7 Å². The summed E-state index contributed by atoms with van der Waals surface area (Å²) >= 11 is 1.12. The van der Waals surface area contributed by atoms with Gasteiger partial charge in [0.25, 0.3) is 15.7 Å². The predicted molar refractivity (Wildman–Crippen MR) is 78.6 cm³/mol. The minimum atomic E-state index is -3.96. The van der Waals surface area contributed by atoms with Crippen LogP contribution in [-0.4, -0.2) is 18.3 Å². The van der Waals surface area contributed by atoms with Gasteiger partial charge in [-0.3, -0.25) is 20.7 Å². The highest BCUT2D eigenvalue weighted by molar-refractivity contribution is 7.93. The highest BCUT2D eigenvalue weighted by Crippen LogP contribution is 2.28. The molecule has 0 radical (unpaired) electrons. The molecule has 11 heteroatoms. The molecule has 0 aliphatic heterocycles. The van der Waals surface area contributed by atoms with E-state index in [1.807, 2.05) is 0 Å². The van der Waals surface area contributed by atoms with Crippen LogP contribution in [0.25, 0.3) is 0 Å². The van der Waals surface area contributed by atoms with Crippen molar-refractivity contribution in [3.63, 3.8) is 0 Å². The fourth-order valence-electron chi connectivity index (χ4n) is 1.53. The molecule has 0 spiro atoms. The van der Waals surface area contributed by atoms with Crippen LogP contribution in [0, 0.1) is 17.0 Å². The van der Waals surface area contributed by atoms with Gasteiger partial charge in [-0.05, 0) is 19.1 Å². The second-order valence-corrected chi connectivity index (χ2v) is 6.52. The van der Waals surface area contributed by atoms with Crippen LogP contribution in [0.3, 0.4) is 0 Å². The molecular weight excluding hydrogens is 318 g/mol. The Balaban J connectivity index is 2.40. The first-order valence-electron chi connectivity index (χ1n) is 5.53. The molecule has 4 N–H and O–H groups in total. The van der Waals surface area contributed by atoms with Gasteiger partial charge in [-0.2, -0.15) is 0 Å². The molecule has 0 fully saturated rings. The first kappa shape index (κ1) is 15.2. The topological polar surface area (TPSA) is 140 Å². The van der Waals surface area contributed by atoms with E-state index < -0.39 is 20.6 Å². The highest BCUT2D eigenvalue weighted by Gasteiger charge is 2.22. The molecule has 1 heterocycles. The Bertz CT molecular complexity index is 786. The summed E-state index contributed by atoms with van der Waals surface area (Å²) in [6.07, 6.45) is 0. The Morgan fingerprint density at radius 2 is 2.14 bits per heavy atom.